The van der Waals surface area contributed by atoms with Gasteiger partial charge in [-0.2, -0.15) is 0 Å². The summed E-state index contributed by atoms with van der Waals surface area (Å²) >= 11 is 0. The second-order valence-corrected chi connectivity index (χ2v) is 4.93. The monoisotopic (exact) mass is 264 g/mol. The van der Waals surface area contributed by atoms with E-state index in [9.17, 15) is 4.79 Å². The van der Waals surface area contributed by atoms with Crippen LogP contribution in [0, 0.1) is 0 Å². The summed E-state index contributed by atoms with van der Waals surface area (Å²) in [6.45, 7) is 5.68. The molecule has 5 nitrogen and oxygen atoms in total. The summed E-state index contributed by atoms with van der Waals surface area (Å²) in [4.78, 5) is 13.6. The second-order valence-electron chi connectivity index (χ2n) is 4.93. The van der Waals surface area contributed by atoms with Gasteiger partial charge in [0.2, 0.25) is 0 Å². The van der Waals surface area contributed by atoms with E-state index in [2.05, 4.69) is 9.64 Å². The summed E-state index contributed by atoms with van der Waals surface area (Å²) in [6, 6.07) is 5.26. The Kier molecular flexibility index (Phi) is 3.95. The first kappa shape index (κ1) is 13.7. The average molecular weight is 264 g/mol. The Balaban J connectivity index is 2.23. The Bertz CT molecular complexity index is 466. The number of anilines is 2. The lowest BCUT2D eigenvalue weighted by Crippen LogP contribution is -2.45. The topological polar surface area (TPSA) is 64.8 Å². The zero-order valence-corrected chi connectivity index (χ0v) is 11.6. The molecule has 1 aromatic carbocycles. The van der Waals surface area contributed by atoms with E-state index >= 15 is 0 Å². The Morgan fingerprint density at radius 3 is 2.53 bits per heavy atom. The molecule has 2 N–H and O–H groups in total. The summed E-state index contributed by atoms with van der Waals surface area (Å²) in [5.41, 5.74) is 8.04. The number of carbonyl (C=O) groups excluding carboxylic acids is 1. The minimum Gasteiger partial charge on any atom is -0.465 e. The number of esters is 1. The van der Waals surface area contributed by atoms with Crippen molar-refractivity contribution in [2.24, 2.45) is 0 Å². The van der Waals surface area contributed by atoms with Gasteiger partial charge in [0.15, 0.2) is 0 Å². The summed E-state index contributed by atoms with van der Waals surface area (Å²) in [7, 11) is 1.36. The molecule has 1 aliphatic heterocycles. The molecule has 0 aliphatic carbocycles. The number of rotatable bonds is 2. The fourth-order valence-corrected chi connectivity index (χ4v) is 2.46. The molecule has 1 heterocycles. The van der Waals surface area contributed by atoms with Crippen LogP contribution in [-0.2, 0) is 9.47 Å². The number of benzene rings is 1. The molecule has 0 bridgehead atoms. The molecule has 0 radical (unpaired) electrons. The molecule has 2 unspecified atom stereocenters. The van der Waals surface area contributed by atoms with Gasteiger partial charge in [-0.3, -0.25) is 0 Å². The van der Waals surface area contributed by atoms with E-state index in [1.54, 1.807) is 12.1 Å². The Hall–Kier alpha value is -1.75. The van der Waals surface area contributed by atoms with Crippen molar-refractivity contribution in [3.63, 3.8) is 0 Å². The van der Waals surface area contributed by atoms with Crippen LogP contribution in [0.1, 0.15) is 24.2 Å². The van der Waals surface area contributed by atoms with Gasteiger partial charge in [0.25, 0.3) is 0 Å². The molecule has 0 saturated carbocycles. The van der Waals surface area contributed by atoms with Crippen LogP contribution in [-0.4, -0.2) is 38.4 Å². The third-order valence-corrected chi connectivity index (χ3v) is 3.21. The quantitative estimate of drug-likeness (QED) is 0.650. The highest BCUT2D eigenvalue weighted by atomic mass is 16.5. The van der Waals surface area contributed by atoms with Crippen molar-refractivity contribution in [2.75, 3.05) is 30.8 Å². The van der Waals surface area contributed by atoms with Crippen molar-refractivity contribution in [1.29, 1.82) is 0 Å². The van der Waals surface area contributed by atoms with E-state index < -0.39 is 0 Å². The number of nitrogen functional groups attached to an aromatic ring is 1. The fraction of sp³-hybridized carbons (Fsp3) is 0.500. The third-order valence-electron chi connectivity index (χ3n) is 3.21. The first-order chi connectivity index (χ1) is 9.01. The van der Waals surface area contributed by atoms with E-state index in [0.29, 0.717) is 11.3 Å². The first-order valence-corrected chi connectivity index (χ1v) is 6.39. The molecule has 104 valence electrons. The van der Waals surface area contributed by atoms with Crippen molar-refractivity contribution in [2.45, 2.75) is 26.1 Å². The van der Waals surface area contributed by atoms with Gasteiger partial charge < -0.3 is 20.1 Å². The number of carbonyl (C=O) groups is 1. The standard InChI is InChI=1S/C14H20N2O3/c1-9-7-16(8-10(2)19-9)13-5-4-11(6-12(13)15)14(17)18-3/h4-6,9-10H,7-8,15H2,1-3H3. The average Bonchev–Trinajstić information content (AvgIpc) is 2.36. The van der Waals surface area contributed by atoms with Gasteiger partial charge in [0.1, 0.15) is 0 Å². The minimum atomic E-state index is -0.373. The van der Waals surface area contributed by atoms with Crippen molar-refractivity contribution in [3.8, 4) is 0 Å². The van der Waals surface area contributed by atoms with Gasteiger partial charge in [-0.1, -0.05) is 0 Å². The van der Waals surface area contributed by atoms with E-state index in [1.807, 2.05) is 19.9 Å². The Morgan fingerprint density at radius 1 is 1.37 bits per heavy atom. The number of methoxy groups -OCH3 is 1. The maximum atomic E-state index is 11.4. The molecule has 1 fully saturated rings. The zero-order valence-electron chi connectivity index (χ0n) is 11.6. The highest BCUT2D eigenvalue weighted by molar-refractivity contribution is 5.92. The SMILES string of the molecule is COC(=O)c1ccc(N2CC(C)OC(C)C2)c(N)c1. The number of nitrogens with two attached hydrogens (primary N) is 1. The molecular weight excluding hydrogens is 244 g/mol. The number of ether oxygens (including phenoxy) is 2. The second kappa shape index (κ2) is 5.48. The maximum absolute atomic E-state index is 11.4. The van der Waals surface area contributed by atoms with Crippen LogP contribution in [0.2, 0.25) is 0 Å². The van der Waals surface area contributed by atoms with Crippen LogP contribution in [0.4, 0.5) is 11.4 Å². The summed E-state index contributed by atoms with van der Waals surface area (Å²) in [6.07, 6.45) is 0.340. The third kappa shape index (κ3) is 2.98. The number of morpholine rings is 1. The molecule has 0 aromatic heterocycles. The number of nitrogens with zero attached hydrogens (tertiary/aromatic N) is 1. The molecule has 2 rings (SSSR count). The van der Waals surface area contributed by atoms with E-state index in [1.165, 1.54) is 7.11 Å². The van der Waals surface area contributed by atoms with E-state index in [4.69, 9.17) is 10.5 Å². The van der Waals surface area contributed by atoms with Gasteiger partial charge in [-0.25, -0.2) is 4.79 Å². The van der Waals surface area contributed by atoms with Crippen molar-refractivity contribution in [3.05, 3.63) is 23.8 Å². The predicted octanol–water partition coefficient (Wildman–Crippen LogP) is 1.67. The Morgan fingerprint density at radius 2 is 2.00 bits per heavy atom. The molecule has 1 aliphatic rings. The van der Waals surface area contributed by atoms with Crippen LogP contribution in [0.5, 0.6) is 0 Å². The number of hydrogen-bond donors (Lipinski definition) is 1. The lowest BCUT2D eigenvalue weighted by atomic mass is 10.1. The summed E-state index contributed by atoms with van der Waals surface area (Å²) < 4.78 is 10.4. The molecule has 1 aromatic rings. The van der Waals surface area contributed by atoms with Crippen molar-refractivity contribution < 1.29 is 14.3 Å². The normalized spacial score (nSPS) is 23.2. The van der Waals surface area contributed by atoms with Gasteiger partial charge in [0, 0.05) is 13.1 Å². The molecular formula is C14H20N2O3. The molecule has 1 saturated heterocycles. The van der Waals surface area contributed by atoms with Crippen LogP contribution in [0.25, 0.3) is 0 Å². The molecule has 2 atom stereocenters. The first-order valence-electron chi connectivity index (χ1n) is 6.39. The van der Waals surface area contributed by atoms with Gasteiger partial charge in [0.05, 0.1) is 36.3 Å². The lowest BCUT2D eigenvalue weighted by Gasteiger charge is -2.37. The number of hydrogen-bond acceptors (Lipinski definition) is 5. The molecule has 0 amide bonds. The maximum Gasteiger partial charge on any atom is 0.337 e. The highest BCUT2D eigenvalue weighted by Gasteiger charge is 2.23. The van der Waals surface area contributed by atoms with Crippen molar-refractivity contribution >= 4 is 17.3 Å². The van der Waals surface area contributed by atoms with Crippen LogP contribution >= 0.6 is 0 Å². The molecule has 5 heteroatoms. The smallest absolute Gasteiger partial charge is 0.337 e. The summed E-state index contributed by atoms with van der Waals surface area (Å²) in [5.74, 6) is -0.373. The fourth-order valence-electron chi connectivity index (χ4n) is 2.46. The zero-order chi connectivity index (χ0) is 14.0. The van der Waals surface area contributed by atoms with E-state index in [-0.39, 0.29) is 18.2 Å². The largest absolute Gasteiger partial charge is 0.465 e. The van der Waals surface area contributed by atoms with Crippen molar-refractivity contribution in [1.82, 2.24) is 0 Å². The molecule has 0 spiro atoms. The predicted molar refractivity (Wildman–Crippen MR) is 74.4 cm³/mol. The van der Waals surface area contributed by atoms with Gasteiger partial charge in [-0.15, -0.1) is 0 Å². The van der Waals surface area contributed by atoms with Gasteiger partial charge in [-0.05, 0) is 32.0 Å². The minimum absolute atomic E-state index is 0.170. The Labute approximate surface area is 113 Å². The lowest BCUT2D eigenvalue weighted by molar-refractivity contribution is -0.00517. The van der Waals surface area contributed by atoms with Crippen LogP contribution in [0.15, 0.2) is 18.2 Å². The van der Waals surface area contributed by atoms with E-state index in [0.717, 1.165) is 18.8 Å². The molecule has 19 heavy (non-hydrogen) atoms. The highest BCUT2D eigenvalue weighted by Crippen LogP contribution is 2.27. The van der Waals surface area contributed by atoms with Gasteiger partial charge >= 0.3 is 5.97 Å². The van der Waals surface area contributed by atoms with Crippen LogP contribution < -0.4 is 10.6 Å². The summed E-state index contributed by atoms with van der Waals surface area (Å²) in [5, 5.41) is 0. The van der Waals surface area contributed by atoms with Crippen LogP contribution in [0.3, 0.4) is 0 Å².